The van der Waals surface area contributed by atoms with Gasteiger partial charge in [0.15, 0.2) is 0 Å². The zero-order valence-electron chi connectivity index (χ0n) is 15.5. The first-order chi connectivity index (χ1) is 13.6. The van der Waals surface area contributed by atoms with Gasteiger partial charge in [-0.15, -0.1) is 10.2 Å². The van der Waals surface area contributed by atoms with Crippen molar-refractivity contribution in [2.45, 2.75) is 19.8 Å². The van der Waals surface area contributed by atoms with Gasteiger partial charge in [-0.25, -0.2) is 4.68 Å². The fourth-order valence-electron chi connectivity index (χ4n) is 2.83. The van der Waals surface area contributed by atoms with Crippen LogP contribution >= 0.6 is 0 Å². The predicted molar refractivity (Wildman–Crippen MR) is 102 cm³/mol. The Labute approximate surface area is 161 Å². The molecule has 0 radical (unpaired) electrons. The third-order valence-corrected chi connectivity index (χ3v) is 4.17. The Morgan fingerprint density at radius 1 is 1.21 bits per heavy atom. The van der Waals surface area contributed by atoms with Gasteiger partial charge >= 0.3 is 0 Å². The first-order valence-electron chi connectivity index (χ1n) is 8.82. The van der Waals surface area contributed by atoms with Gasteiger partial charge in [0.05, 0.1) is 11.4 Å². The minimum absolute atomic E-state index is 0.122. The molecular formula is C19H19N7O2. The molecule has 0 fully saturated rings. The number of anilines is 1. The molecule has 0 saturated heterocycles. The zero-order chi connectivity index (χ0) is 19.5. The molecule has 3 heterocycles. The van der Waals surface area contributed by atoms with Crippen LogP contribution in [0.4, 0.5) is 5.69 Å². The summed E-state index contributed by atoms with van der Waals surface area (Å²) >= 11 is 0. The summed E-state index contributed by atoms with van der Waals surface area (Å²) in [5.41, 5.74) is 3.26. The number of amides is 1. The highest BCUT2D eigenvalue weighted by atomic mass is 16.4. The van der Waals surface area contributed by atoms with Crippen LogP contribution in [0.15, 0.2) is 53.2 Å². The molecular weight excluding hydrogens is 358 g/mol. The molecule has 4 rings (SSSR count). The number of nitrogens with zero attached hydrogens (tertiary/aromatic N) is 6. The third-order valence-electron chi connectivity index (χ3n) is 4.17. The summed E-state index contributed by atoms with van der Waals surface area (Å²) in [5, 5.41) is 19.3. The van der Waals surface area contributed by atoms with Crippen molar-refractivity contribution in [2.24, 2.45) is 7.05 Å². The number of hydrogen-bond donors (Lipinski definition) is 1. The van der Waals surface area contributed by atoms with Crippen molar-refractivity contribution in [3.63, 3.8) is 0 Å². The summed E-state index contributed by atoms with van der Waals surface area (Å²) in [4.78, 5) is 12.2. The van der Waals surface area contributed by atoms with Crippen LogP contribution in [0.1, 0.15) is 18.0 Å². The Morgan fingerprint density at radius 2 is 2.04 bits per heavy atom. The molecule has 1 amide bonds. The summed E-state index contributed by atoms with van der Waals surface area (Å²) in [5.74, 6) is 0.689. The van der Waals surface area contributed by atoms with E-state index in [0.29, 0.717) is 18.2 Å². The Hall–Kier alpha value is -3.75. The molecule has 9 nitrogen and oxygen atoms in total. The minimum atomic E-state index is -0.122. The molecule has 28 heavy (non-hydrogen) atoms. The molecule has 0 unspecified atom stereocenters. The van der Waals surface area contributed by atoms with E-state index in [-0.39, 0.29) is 12.3 Å². The minimum Gasteiger partial charge on any atom is -0.419 e. The number of hydrogen-bond acceptors (Lipinski definition) is 6. The van der Waals surface area contributed by atoms with E-state index in [2.05, 4.69) is 25.7 Å². The van der Waals surface area contributed by atoms with Crippen LogP contribution in [0.5, 0.6) is 0 Å². The molecule has 0 spiro atoms. The van der Waals surface area contributed by atoms with Gasteiger partial charge in [0.25, 0.3) is 5.89 Å². The predicted octanol–water partition coefficient (Wildman–Crippen LogP) is 2.54. The van der Waals surface area contributed by atoms with E-state index in [1.54, 1.807) is 15.6 Å². The van der Waals surface area contributed by atoms with E-state index in [1.807, 2.05) is 56.6 Å². The molecule has 0 saturated carbocycles. The number of aromatic nitrogens is 6. The molecule has 0 aliphatic heterocycles. The summed E-state index contributed by atoms with van der Waals surface area (Å²) in [6.45, 7) is 1.90. The molecule has 0 bridgehead atoms. The van der Waals surface area contributed by atoms with Crippen LogP contribution in [0.3, 0.4) is 0 Å². The number of aryl methyl sites for hydroxylation is 3. The molecule has 1 aromatic carbocycles. The first kappa shape index (κ1) is 17.7. The molecule has 9 heteroatoms. The van der Waals surface area contributed by atoms with Crippen LogP contribution in [-0.2, 0) is 18.3 Å². The van der Waals surface area contributed by atoms with Crippen LogP contribution in [-0.4, -0.2) is 35.7 Å². The number of benzene rings is 1. The second-order valence-electron chi connectivity index (χ2n) is 6.34. The average molecular weight is 377 g/mol. The molecule has 142 valence electrons. The number of rotatable bonds is 6. The van der Waals surface area contributed by atoms with E-state index in [0.717, 1.165) is 22.8 Å². The molecule has 1 N–H and O–H groups in total. The Morgan fingerprint density at radius 3 is 2.71 bits per heavy atom. The quantitative estimate of drug-likeness (QED) is 0.554. The monoisotopic (exact) mass is 377 g/mol. The fourth-order valence-corrected chi connectivity index (χ4v) is 2.83. The largest absolute Gasteiger partial charge is 0.419 e. The van der Waals surface area contributed by atoms with Crippen LogP contribution in [0, 0.1) is 6.92 Å². The van der Waals surface area contributed by atoms with E-state index in [9.17, 15) is 4.79 Å². The number of carbonyl (C=O) groups excluding carboxylic acids is 1. The van der Waals surface area contributed by atoms with Crippen molar-refractivity contribution in [3.8, 4) is 17.3 Å². The van der Waals surface area contributed by atoms with Crippen LogP contribution < -0.4 is 5.32 Å². The lowest BCUT2D eigenvalue weighted by atomic mass is 10.2. The maximum atomic E-state index is 12.2. The highest BCUT2D eigenvalue weighted by Crippen LogP contribution is 2.19. The summed E-state index contributed by atoms with van der Waals surface area (Å²) in [6, 6.07) is 11.2. The molecule has 0 atom stereocenters. The molecule has 3 aromatic heterocycles. The smallest absolute Gasteiger partial charge is 0.265 e. The fraction of sp³-hybridized carbons (Fsp3) is 0.211. The zero-order valence-corrected chi connectivity index (χ0v) is 15.5. The lowest BCUT2D eigenvalue weighted by molar-refractivity contribution is -0.116. The average Bonchev–Trinajstić information content (AvgIpc) is 3.42. The van der Waals surface area contributed by atoms with Gasteiger partial charge in [-0.3, -0.25) is 9.48 Å². The maximum Gasteiger partial charge on any atom is 0.265 e. The second-order valence-corrected chi connectivity index (χ2v) is 6.34. The Kier molecular flexibility index (Phi) is 4.71. The topological polar surface area (TPSA) is 104 Å². The molecule has 4 aromatic rings. The number of carbonyl (C=O) groups is 1. The lowest BCUT2D eigenvalue weighted by Gasteiger charge is -2.06. The van der Waals surface area contributed by atoms with Gasteiger partial charge < -0.3 is 9.73 Å². The van der Waals surface area contributed by atoms with E-state index in [4.69, 9.17) is 4.42 Å². The van der Waals surface area contributed by atoms with Crippen molar-refractivity contribution in [1.29, 1.82) is 0 Å². The lowest BCUT2D eigenvalue weighted by Crippen LogP contribution is -2.12. The van der Waals surface area contributed by atoms with Crippen molar-refractivity contribution >= 4 is 11.6 Å². The normalized spacial score (nSPS) is 10.9. The third kappa shape index (κ3) is 3.83. The maximum absolute atomic E-state index is 12.2. The van der Waals surface area contributed by atoms with Crippen molar-refractivity contribution in [2.75, 3.05) is 5.32 Å². The Balaban J connectivity index is 1.33. The van der Waals surface area contributed by atoms with Crippen LogP contribution in [0.25, 0.3) is 17.3 Å². The summed E-state index contributed by atoms with van der Waals surface area (Å²) in [6.07, 6.45) is 4.18. The van der Waals surface area contributed by atoms with E-state index < -0.39 is 0 Å². The van der Waals surface area contributed by atoms with Gasteiger partial charge in [0.1, 0.15) is 5.69 Å². The number of nitrogens with one attached hydrogen (secondary N) is 1. The van der Waals surface area contributed by atoms with Crippen molar-refractivity contribution < 1.29 is 9.21 Å². The summed E-state index contributed by atoms with van der Waals surface area (Å²) in [7, 11) is 1.82. The Bertz CT molecular complexity index is 1080. The standard InChI is InChI=1S/C19H19N7O2/c1-13-12-16(25(2)24-13)19-23-22-18(28-19)9-8-17(27)21-14-4-6-15(7-5-14)26-11-3-10-20-26/h3-7,10-12H,8-9H2,1-2H3,(H,21,27). The van der Waals surface area contributed by atoms with Crippen LogP contribution in [0.2, 0.25) is 0 Å². The first-order valence-corrected chi connectivity index (χ1v) is 8.82. The molecule has 0 aliphatic carbocycles. The van der Waals surface area contributed by atoms with E-state index in [1.165, 1.54) is 0 Å². The highest BCUT2D eigenvalue weighted by molar-refractivity contribution is 5.90. The van der Waals surface area contributed by atoms with Gasteiger partial charge in [0, 0.05) is 38.0 Å². The van der Waals surface area contributed by atoms with Gasteiger partial charge in [-0.1, -0.05) is 0 Å². The summed E-state index contributed by atoms with van der Waals surface area (Å²) < 4.78 is 9.09. The highest BCUT2D eigenvalue weighted by Gasteiger charge is 2.14. The van der Waals surface area contributed by atoms with Crippen molar-refractivity contribution in [1.82, 2.24) is 29.8 Å². The van der Waals surface area contributed by atoms with Crippen molar-refractivity contribution in [3.05, 3.63) is 60.4 Å². The van der Waals surface area contributed by atoms with Gasteiger partial charge in [-0.05, 0) is 43.3 Å². The SMILES string of the molecule is Cc1cc(-c2nnc(CCC(=O)Nc3ccc(-n4cccn4)cc3)o2)n(C)n1. The molecule has 0 aliphatic rings. The van der Waals surface area contributed by atoms with Gasteiger partial charge in [0.2, 0.25) is 11.8 Å². The second kappa shape index (κ2) is 7.47. The van der Waals surface area contributed by atoms with E-state index >= 15 is 0 Å². The van der Waals surface area contributed by atoms with Gasteiger partial charge in [-0.2, -0.15) is 10.2 Å².